The van der Waals surface area contributed by atoms with E-state index in [1.54, 1.807) is 53.7 Å². The molecule has 2 heterocycles. The number of amides is 2. The number of thiazole rings is 1. The number of nitrogens with zero attached hydrogens (tertiary/aromatic N) is 2. The van der Waals surface area contributed by atoms with Crippen LogP contribution >= 0.6 is 23.1 Å². The maximum Gasteiger partial charge on any atom is 0.248 e. The largest absolute Gasteiger partial charge is 0.344 e. The fraction of sp³-hybridized carbons (Fsp3) is 0.450. The highest BCUT2D eigenvalue weighted by atomic mass is 32.2. The van der Waals surface area contributed by atoms with Gasteiger partial charge in [0.2, 0.25) is 21.8 Å². The van der Waals surface area contributed by atoms with Gasteiger partial charge in [-0.3, -0.25) is 9.59 Å². The summed E-state index contributed by atoms with van der Waals surface area (Å²) in [5.41, 5.74) is 0. The van der Waals surface area contributed by atoms with E-state index in [1.165, 1.54) is 15.6 Å². The molecule has 0 unspecified atom stereocenters. The average Bonchev–Trinajstić information content (AvgIpc) is 3.30. The van der Waals surface area contributed by atoms with Crippen LogP contribution in [0, 0.1) is 5.92 Å². The minimum absolute atomic E-state index is 0.104. The first kappa shape index (κ1) is 23.7. The van der Waals surface area contributed by atoms with E-state index in [9.17, 15) is 18.0 Å². The third kappa shape index (κ3) is 6.28. The summed E-state index contributed by atoms with van der Waals surface area (Å²) in [4.78, 5) is 29.9. The summed E-state index contributed by atoms with van der Waals surface area (Å²) in [6, 6.07) is 7.53. The smallest absolute Gasteiger partial charge is 0.248 e. The number of piperidine rings is 1. The van der Waals surface area contributed by atoms with Gasteiger partial charge in [0.05, 0.1) is 10.8 Å². The van der Waals surface area contributed by atoms with Gasteiger partial charge in [0.1, 0.15) is 6.04 Å². The summed E-state index contributed by atoms with van der Waals surface area (Å²) < 4.78 is 27.2. The van der Waals surface area contributed by atoms with Crippen LogP contribution in [0.1, 0.15) is 19.3 Å². The minimum Gasteiger partial charge on any atom is -0.344 e. The van der Waals surface area contributed by atoms with Crippen molar-refractivity contribution in [3.63, 3.8) is 0 Å². The molecule has 1 aromatic carbocycles. The van der Waals surface area contributed by atoms with Crippen LogP contribution < -0.4 is 10.6 Å². The highest BCUT2D eigenvalue weighted by molar-refractivity contribution is 7.98. The van der Waals surface area contributed by atoms with Crippen molar-refractivity contribution >= 4 is 50.1 Å². The molecule has 0 radical (unpaired) electrons. The zero-order valence-corrected chi connectivity index (χ0v) is 19.6. The van der Waals surface area contributed by atoms with Gasteiger partial charge in [0.15, 0.2) is 5.13 Å². The van der Waals surface area contributed by atoms with E-state index < -0.39 is 22.0 Å². The van der Waals surface area contributed by atoms with Gasteiger partial charge in [-0.2, -0.15) is 16.1 Å². The lowest BCUT2D eigenvalue weighted by atomic mass is 9.98. The average molecular weight is 483 g/mol. The Bertz CT molecular complexity index is 968. The fourth-order valence-electron chi connectivity index (χ4n) is 3.39. The highest BCUT2D eigenvalue weighted by Crippen LogP contribution is 2.24. The molecule has 168 valence electrons. The Hall–Kier alpha value is -1.95. The van der Waals surface area contributed by atoms with Crippen molar-refractivity contribution in [2.45, 2.75) is 30.2 Å². The number of aromatic nitrogens is 1. The van der Waals surface area contributed by atoms with Crippen LogP contribution in [0.15, 0.2) is 46.8 Å². The summed E-state index contributed by atoms with van der Waals surface area (Å²) in [5.74, 6) is -0.415. The number of benzene rings is 1. The van der Waals surface area contributed by atoms with Gasteiger partial charge < -0.3 is 10.6 Å². The fourth-order valence-corrected chi connectivity index (χ4v) is 5.94. The van der Waals surface area contributed by atoms with Crippen molar-refractivity contribution in [1.82, 2.24) is 14.6 Å². The van der Waals surface area contributed by atoms with Crippen LogP contribution in [0.2, 0.25) is 0 Å². The molecule has 2 aromatic rings. The molecule has 0 spiro atoms. The van der Waals surface area contributed by atoms with E-state index in [0.717, 1.165) is 0 Å². The van der Waals surface area contributed by atoms with Crippen LogP contribution in [-0.2, 0) is 19.6 Å². The van der Waals surface area contributed by atoms with E-state index in [2.05, 4.69) is 15.6 Å². The Labute approximate surface area is 190 Å². The van der Waals surface area contributed by atoms with Gasteiger partial charge >= 0.3 is 0 Å². The zero-order valence-electron chi connectivity index (χ0n) is 17.2. The molecule has 1 aliphatic rings. The van der Waals surface area contributed by atoms with Crippen LogP contribution in [-0.4, -0.2) is 60.7 Å². The van der Waals surface area contributed by atoms with Gasteiger partial charge in [0.25, 0.3) is 0 Å². The number of thioether (sulfide) groups is 1. The molecule has 1 aliphatic heterocycles. The predicted molar refractivity (Wildman–Crippen MR) is 124 cm³/mol. The molecule has 2 amide bonds. The highest BCUT2D eigenvalue weighted by Gasteiger charge is 2.34. The Morgan fingerprint density at radius 1 is 1.32 bits per heavy atom. The lowest BCUT2D eigenvalue weighted by Crippen LogP contribution is -2.50. The number of sulfonamides is 1. The first-order valence-electron chi connectivity index (χ1n) is 9.96. The third-order valence-corrected chi connectivity index (χ3v) is 8.25. The molecule has 1 aromatic heterocycles. The predicted octanol–water partition coefficient (Wildman–Crippen LogP) is 2.42. The van der Waals surface area contributed by atoms with Crippen molar-refractivity contribution in [3.05, 3.63) is 41.9 Å². The molecule has 0 saturated carbocycles. The van der Waals surface area contributed by atoms with Crippen molar-refractivity contribution in [3.8, 4) is 0 Å². The van der Waals surface area contributed by atoms with Crippen LogP contribution in [0.5, 0.6) is 0 Å². The van der Waals surface area contributed by atoms with E-state index in [-0.39, 0.29) is 23.3 Å². The second kappa shape index (κ2) is 11.1. The molecular formula is C20H26N4O4S3. The topological polar surface area (TPSA) is 108 Å². The summed E-state index contributed by atoms with van der Waals surface area (Å²) in [5, 5.41) is 7.81. The molecule has 0 aliphatic carbocycles. The monoisotopic (exact) mass is 482 g/mol. The van der Waals surface area contributed by atoms with E-state index in [0.29, 0.717) is 36.7 Å². The maximum atomic E-state index is 13.0. The SMILES string of the molecule is CSCC[C@@H](NC(=O)[C@@H]1CCCN(S(=O)(=O)c2ccccc2)C1)C(=O)Nc1nccs1. The van der Waals surface area contributed by atoms with Crippen LogP contribution in [0.3, 0.4) is 0 Å². The van der Waals surface area contributed by atoms with Crippen molar-refractivity contribution < 1.29 is 18.0 Å². The second-order valence-corrected chi connectivity index (χ2v) is 11.0. The van der Waals surface area contributed by atoms with Crippen molar-refractivity contribution in [2.24, 2.45) is 5.92 Å². The number of hydrogen-bond donors (Lipinski definition) is 2. The Kier molecular flexibility index (Phi) is 8.47. The van der Waals surface area contributed by atoms with Gasteiger partial charge in [-0.1, -0.05) is 18.2 Å². The molecule has 8 nitrogen and oxygen atoms in total. The Morgan fingerprint density at radius 2 is 2.10 bits per heavy atom. The Balaban J connectivity index is 1.66. The normalized spacial score (nSPS) is 18.3. The lowest BCUT2D eigenvalue weighted by molar-refractivity contribution is -0.130. The van der Waals surface area contributed by atoms with Gasteiger partial charge in [0, 0.05) is 24.7 Å². The van der Waals surface area contributed by atoms with E-state index in [4.69, 9.17) is 0 Å². The van der Waals surface area contributed by atoms with E-state index in [1.807, 2.05) is 6.26 Å². The Morgan fingerprint density at radius 3 is 2.77 bits per heavy atom. The lowest BCUT2D eigenvalue weighted by Gasteiger charge is -2.32. The number of carbonyl (C=O) groups is 2. The molecular weight excluding hydrogens is 456 g/mol. The van der Waals surface area contributed by atoms with Gasteiger partial charge in [-0.05, 0) is 43.4 Å². The number of nitrogens with one attached hydrogen (secondary N) is 2. The van der Waals surface area contributed by atoms with E-state index >= 15 is 0 Å². The molecule has 31 heavy (non-hydrogen) atoms. The molecule has 0 bridgehead atoms. The molecule has 11 heteroatoms. The van der Waals surface area contributed by atoms with Crippen LogP contribution in [0.4, 0.5) is 5.13 Å². The maximum absolute atomic E-state index is 13.0. The molecule has 1 fully saturated rings. The quantitative estimate of drug-likeness (QED) is 0.568. The minimum atomic E-state index is -3.66. The first-order valence-corrected chi connectivity index (χ1v) is 13.7. The number of hydrogen-bond acceptors (Lipinski definition) is 7. The summed E-state index contributed by atoms with van der Waals surface area (Å²) in [7, 11) is -3.66. The summed E-state index contributed by atoms with van der Waals surface area (Å²) >= 11 is 2.89. The third-order valence-electron chi connectivity index (χ3n) is 5.04. The summed E-state index contributed by atoms with van der Waals surface area (Å²) in [6.45, 7) is 0.480. The molecule has 2 N–H and O–H groups in total. The second-order valence-electron chi connectivity index (χ2n) is 7.18. The molecule has 2 atom stereocenters. The van der Waals surface area contributed by atoms with Gasteiger partial charge in [-0.15, -0.1) is 11.3 Å². The van der Waals surface area contributed by atoms with Crippen LogP contribution in [0.25, 0.3) is 0 Å². The summed E-state index contributed by atoms with van der Waals surface area (Å²) in [6.07, 6.45) is 5.18. The van der Waals surface area contributed by atoms with Gasteiger partial charge in [-0.25, -0.2) is 13.4 Å². The first-order chi connectivity index (χ1) is 14.9. The number of rotatable bonds is 9. The zero-order chi connectivity index (χ0) is 22.3. The molecule has 1 saturated heterocycles. The van der Waals surface area contributed by atoms with Crippen molar-refractivity contribution in [2.75, 3.05) is 30.4 Å². The number of anilines is 1. The number of carbonyl (C=O) groups excluding carboxylic acids is 2. The van der Waals surface area contributed by atoms with Crippen molar-refractivity contribution in [1.29, 1.82) is 0 Å². The standard InChI is InChI=1S/C20H26N4O4S3/c1-29-12-9-17(19(26)23-20-21-10-13-30-20)22-18(25)15-6-5-11-24(14-15)31(27,28)16-7-3-2-4-8-16/h2-4,7-8,10,13,15,17H,5-6,9,11-12,14H2,1H3,(H,22,25)(H,21,23,26)/t15-,17-/m1/s1. The molecule has 3 rings (SSSR count).